The molecule has 0 bridgehead atoms. The van der Waals surface area contributed by atoms with Crippen LogP contribution >= 0.6 is 0 Å². The van der Waals surface area contributed by atoms with E-state index in [1.54, 1.807) is 12.1 Å². The molecule has 0 aliphatic heterocycles. The van der Waals surface area contributed by atoms with Gasteiger partial charge in [-0.3, -0.25) is 4.79 Å². The van der Waals surface area contributed by atoms with Gasteiger partial charge in [-0.2, -0.15) is 5.26 Å². The van der Waals surface area contributed by atoms with Crippen molar-refractivity contribution in [3.63, 3.8) is 0 Å². The molecule has 0 saturated heterocycles. The number of ether oxygens (including phenoxy) is 1. The fourth-order valence-corrected chi connectivity index (χ4v) is 1.73. The largest absolute Gasteiger partial charge is 0.495 e. The third-order valence-corrected chi connectivity index (χ3v) is 2.84. The highest BCUT2D eigenvalue weighted by atomic mass is 19.1. The van der Waals surface area contributed by atoms with Crippen molar-refractivity contribution in [2.45, 2.75) is 0 Å². The summed E-state index contributed by atoms with van der Waals surface area (Å²) in [4.78, 5) is 12.1. The van der Waals surface area contributed by atoms with E-state index in [2.05, 4.69) is 5.32 Å². The van der Waals surface area contributed by atoms with Gasteiger partial charge >= 0.3 is 0 Å². The van der Waals surface area contributed by atoms with Gasteiger partial charge in [0.25, 0.3) is 5.91 Å². The van der Waals surface area contributed by atoms with Crippen LogP contribution in [0.5, 0.6) is 5.75 Å². The Kier molecular flexibility index (Phi) is 4.05. The lowest BCUT2D eigenvalue weighted by Gasteiger charge is -2.10. The Morgan fingerprint density at radius 3 is 2.71 bits per heavy atom. The number of nitriles is 1. The monoisotopic (exact) mass is 285 g/mol. The molecule has 0 fully saturated rings. The number of methoxy groups -OCH3 is 1. The lowest BCUT2D eigenvalue weighted by atomic mass is 10.1. The molecular formula is C15H12FN3O2. The Hall–Kier alpha value is -3.07. The number of nitrogens with zero attached hydrogens (tertiary/aromatic N) is 1. The first-order chi connectivity index (χ1) is 10.0. The van der Waals surface area contributed by atoms with Crippen LogP contribution in [0.4, 0.5) is 15.8 Å². The number of halogens is 1. The van der Waals surface area contributed by atoms with Gasteiger partial charge < -0.3 is 15.8 Å². The predicted molar refractivity (Wildman–Crippen MR) is 76.5 cm³/mol. The van der Waals surface area contributed by atoms with Crippen LogP contribution in [0.2, 0.25) is 0 Å². The first-order valence-corrected chi connectivity index (χ1v) is 5.99. The summed E-state index contributed by atoms with van der Waals surface area (Å²) in [5.74, 6) is -0.815. The molecule has 0 atom stereocenters. The standard InChI is InChI=1S/C15H12FN3O2/c1-21-14-6-9(8-17)2-5-13(14)19-15(20)10-3-4-12(18)11(16)7-10/h2-7H,18H2,1H3,(H,19,20). The summed E-state index contributed by atoms with van der Waals surface area (Å²) in [5.41, 5.74) is 6.26. The summed E-state index contributed by atoms with van der Waals surface area (Å²) in [7, 11) is 1.43. The molecule has 0 spiro atoms. The fraction of sp³-hybridized carbons (Fsp3) is 0.0667. The number of carbonyl (C=O) groups is 1. The molecule has 0 saturated carbocycles. The van der Waals surface area contributed by atoms with Crippen molar-refractivity contribution in [1.82, 2.24) is 0 Å². The van der Waals surface area contributed by atoms with Gasteiger partial charge in [-0.05, 0) is 30.3 Å². The lowest BCUT2D eigenvalue weighted by Crippen LogP contribution is -2.13. The number of nitrogens with one attached hydrogen (secondary N) is 1. The van der Waals surface area contributed by atoms with Crippen molar-refractivity contribution in [2.24, 2.45) is 0 Å². The lowest BCUT2D eigenvalue weighted by molar-refractivity contribution is 0.102. The average Bonchev–Trinajstić information content (AvgIpc) is 2.50. The van der Waals surface area contributed by atoms with Crippen LogP contribution in [0, 0.1) is 17.1 Å². The Morgan fingerprint density at radius 2 is 2.10 bits per heavy atom. The van der Waals surface area contributed by atoms with Gasteiger partial charge in [-0.15, -0.1) is 0 Å². The van der Waals surface area contributed by atoms with E-state index in [0.29, 0.717) is 17.0 Å². The van der Waals surface area contributed by atoms with Gasteiger partial charge in [0.2, 0.25) is 0 Å². The minimum atomic E-state index is -0.658. The summed E-state index contributed by atoms with van der Waals surface area (Å²) in [6.45, 7) is 0. The number of carbonyl (C=O) groups excluding carboxylic acids is 1. The smallest absolute Gasteiger partial charge is 0.255 e. The number of nitrogens with two attached hydrogens (primary N) is 1. The van der Waals surface area contributed by atoms with Crippen molar-refractivity contribution in [2.75, 3.05) is 18.2 Å². The van der Waals surface area contributed by atoms with Crippen molar-refractivity contribution in [1.29, 1.82) is 5.26 Å². The Balaban J connectivity index is 2.27. The predicted octanol–water partition coefficient (Wildman–Crippen LogP) is 2.54. The van der Waals surface area contributed by atoms with Crippen LogP contribution in [0.1, 0.15) is 15.9 Å². The second-order valence-corrected chi connectivity index (χ2v) is 4.22. The zero-order chi connectivity index (χ0) is 15.4. The summed E-state index contributed by atoms with van der Waals surface area (Å²) in [6, 6.07) is 10.4. The highest BCUT2D eigenvalue weighted by Crippen LogP contribution is 2.26. The molecule has 0 aliphatic rings. The third-order valence-electron chi connectivity index (χ3n) is 2.84. The highest BCUT2D eigenvalue weighted by molar-refractivity contribution is 6.05. The van der Waals surface area contributed by atoms with E-state index in [9.17, 15) is 9.18 Å². The fourth-order valence-electron chi connectivity index (χ4n) is 1.73. The normalized spacial score (nSPS) is 9.76. The zero-order valence-corrected chi connectivity index (χ0v) is 11.2. The van der Waals surface area contributed by atoms with Crippen molar-refractivity contribution < 1.29 is 13.9 Å². The second-order valence-electron chi connectivity index (χ2n) is 4.22. The molecule has 5 nitrogen and oxygen atoms in total. The molecule has 0 radical (unpaired) electrons. The molecular weight excluding hydrogens is 273 g/mol. The number of hydrogen-bond donors (Lipinski definition) is 2. The summed E-state index contributed by atoms with van der Waals surface area (Å²) >= 11 is 0. The van der Waals surface area contributed by atoms with Gasteiger partial charge in [-0.1, -0.05) is 0 Å². The van der Waals surface area contributed by atoms with Crippen LogP contribution < -0.4 is 15.8 Å². The van der Waals surface area contributed by atoms with Gasteiger partial charge in [0.05, 0.1) is 30.1 Å². The molecule has 106 valence electrons. The first kappa shape index (κ1) is 14.3. The van der Waals surface area contributed by atoms with E-state index in [4.69, 9.17) is 15.7 Å². The molecule has 6 heteroatoms. The minimum absolute atomic E-state index is 0.0255. The Labute approximate surface area is 120 Å². The number of hydrogen-bond acceptors (Lipinski definition) is 4. The Bertz CT molecular complexity index is 738. The van der Waals surface area contributed by atoms with E-state index in [1.165, 1.54) is 25.3 Å². The van der Waals surface area contributed by atoms with Crippen LogP contribution in [0.3, 0.4) is 0 Å². The van der Waals surface area contributed by atoms with Gasteiger partial charge in [0.15, 0.2) is 0 Å². The quantitative estimate of drug-likeness (QED) is 0.848. The molecule has 2 rings (SSSR count). The highest BCUT2D eigenvalue weighted by Gasteiger charge is 2.12. The molecule has 0 aliphatic carbocycles. The van der Waals surface area contributed by atoms with Gasteiger partial charge in [-0.25, -0.2) is 4.39 Å². The summed E-state index contributed by atoms with van der Waals surface area (Å²) in [6.07, 6.45) is 0. The molecule has 0 unspecified atom stereocenters. The van der Waals surface area contributed by atoms with Gasteiger partial charge in [0.1, 0.15) is 11.6 Å². The second kappa shape index (κ2) is 5.92. The molecule has 21 heavy (non-hydrogen) atoms. The maximum Gasteiger partial charge on any atom is 0.255 e. The number of rotatable bonds is 3. The number of nitrogen functional groups attached to an aromatic ring is 1. The maximum atomic E-state index is 13.4. The summed E-state index contributed by atoms with van der Waals surface area (Å²) in [5, 5.41) is 11.4. The molecule has 0 heterocycles. The molecule has 1 amide bonds. The van der Waals surface area contributed by atoms with Crippen molar-refractivity contribution in [3.05, 3.63) is 53.3 Å². The van der Waals surface area contributed by atoms with E-state index in [0.717, 1.165) is 6.07 Å². The van der Waals surface area contributed by atoms with Crippen LogP contribution in [0.15, 0.2) is 36.4 Å². The number of anilines is 2. The summed E-state index contributed by atoms with van der Waals surface area (Å²) < 4.78 is 18.5. The molecule has 2 aromatic rings. The van der Waals surface area contributed by atoms with Crippen molar-refractivity contribution >= 4 is 17.3 Å². The van der Waals surface area contributed by atoms with Gasteiger partial charge in [0, 0.05) is 11.6 Å². The first-order valence-electron chi connectivity index (χ1n) is 5.99. The maximum absolute atomic E-state index is 13.4. The SMILES string of the molecule is COc1cc(C#N)ccc1NC(=O)c1ccc(N)c(F)c1. The zero-order valence-electron chi connectivity index (χ0n) is 11.2. The van der Waals surface area contributed by atoms with E-state index >= 15 is 0 Å². The van der Waals surface area contributed by atoms with Crippen LogP contribution in [-0.4, -0.2) is 13.0 Å². The van der Waals surface area contributed by atoms with E-state index in [1.807, 2.05) is 6.07 Å². The number of benzene rings is 2. The number of amides is 1. The molecule has 3 N–H and O–H groups in total. The minimum Gasteiger partial charge on any atom is -0.495 e. The van der Waals surface area contributed by atoms with Crippen LogP contribution in [-0.2, 0) is 0 Å². The van der Waals surface area contributed by atoms with E-state index < -0.39 is 11.7 Å². The van der Waals surface area contributed by atoms with E-state index in [-0.39, 0.29) is 11.3 Å². The average molecular weight is 285 g/mol. The molecule has 2 aromatic carbocycles. The van der Waals surface area contributed by atoms with Crippen LogP contribution in [0.25, 0.3) is 0 Å². The van der Waals surface area contributed by atoms with Crippen molar-refractivity contribution in [3.8, 4) is 11.8 Å². The third kappa shape index (κ3) is 3.09. The topological polar surface area (TPSA) is 88.1 Å². The molecule has 0 aromatic heterocycles. The Morgan fingerprint density at radius 1 is 1.33 bits per heavy atom.